The molecule has 0 spiro atoms. The van der Waals surface area contributed by atoms with Crippen molar-refractivity contribution in [1.82, 2.24) is 10.2 Å². The summed E-state index contributed by atoms with van der Waals surface area (Å²) in [5, 5.41) is 2.91. The predicted octanol–water partition coefficient (Wildman–Crippen LogP) is 3.13. The normalized spacial score (nSPS) is 12.0. The topological polar surface area (TPSA) is 41.6 Å². The molecule has 5 heteroatoms. The van der Waals surface area contributed by atoms with Crippen LogP contribution >= 0.6 is 0 Å². The number of halogens is 1. The van der Waals surface area contributed by atoms with Gasteiger partial charge in [-0.05, 0) is 63.3 Å². The van der Waals surface area contributed by atoms with Gasteiger partial charge in [-0.15, -0.1) is 0 Å². The molecule has 0 saturated heterocycles. The summed E-state index contributed by atoms with van der Waals surface area (Å²) in [4.78, 5) is 14.6. The number of carbonyl (C=O) groups excluding carboxylic acids is 1. The summed E-state index contributed by atoms with van der Waals surface area (Å²) >= 11 is 0. The lowest BCUT2D eigenvalue weighted by Crippen LogP contribution is -2.34. The van der Waals surface area contributed by atoms with Gasteiger partial charge in [0, 0.05) is 12.1 Å². The molecule has 0 aliphatic heterocycles. The highest BCUT2D eigenvalue weighted by Gasteiger charge is 2.12. The highest BCUT2D eigenvalue weighted by atomic mass is 19.1. The molecule has 2 aromatic carbocycles. The third-order valence-electron chi connectivity index (χ3n) is 3.79. The molecule has 0 bridgehead atoms. The summed E-state index contributed by atoms with van der Waals surface area (Å²) in [5.74, 6) is 0.168. The van der Waals surface area contributed by atoms with Crippen LogP contribution < -0.4 is 10.1 Å². The van der Waals surface area contributed by atoms with E-state index < -0.39 is 0 Å². The van der Waals surface area contributed by atoms with Crippen molar-refractivity contribution in [1.29, 1.82) is 0 Å². The van der Waals surface area contributed by atoms with Crippen molar-refractivity contribution in [2.75, 3.05) is 27.2 Å². The zero-order valence-corrected chi connectivity index (χ0v) is 15.0. The summed E-state index contributed by atoms with van der Waals surface area (Å²) < 4.78 is 18.6. The van der Waals surface area contributed by atoms with Gasteiger partial charge in [0.15, 0.2) is 0 Å². The van der Waals surface area contributed by atoms with E-state index in [-0.39, 0.29) is 17.8 Å². The Hall–Kier alpha value is -2.40. The fourth-order valence-electron chi connectivity index (χ4n) is 2.42. The number of rotatable bonds is 8. The number of likely N-dealkylation sites (N-methyl/N-ethyl adjacent to an activating group) is 1. The quantitative estimate of drug-likeness (QED) is 0.800. The molecule has 0 saturated carbocycles. The van der Waals surface area contributed by atoms with Crippen LogP contribution in [0.15, 0.2) is 48.5 Å². The van der Waals surface area contributed by atoms with Crippen LogP contribution in [0.5, 0.6) is 5.75 Å². The van der Waals surface area contributed by atoms with Gasteiger partial charge >= 0.3 is 0 Å². The number of hydrogen-bond acceptors (Lipinski definition) is 3. The summed E-state index contributed by atoms with van der Waals surface area (Å²) in [6.45, 7) is 3.12. The van der Waals surface area contributed by atoms with E-state index in [0.29, 0.717) is 17.9 Å². The lowest BCUT2D eigenvalue weighted by Gasteiger charge is -2.17. The molecule has 1 N–H and O–H groups in total. The number of carbonyl (C=O) groups is 1. The van der Waals surface area contributed by atoms with Crippen LogP contribution in [0.3, 0.4) is 0 Å². The Kier molecular flexibility index (Phi) is 6.95. The van der Waals surface area contributed by atoms with E-state index in [2.05, 4.69) is 10.2 Å². The molecule has 134 valence electrons. The van der Waals surface area contributed by atoms with Crippen molar-refractivity contribution in [3.63, 3.8) is 0 Å². The Morgan fingerprint density at radius 2 is 1.84 bits per heavy atom. The molecule has 0 aliphatic rings. The van der Waals surface area contributed by atoms with Crippen molar-refractivity contribution in [3.8, 4) is 5.75 Å². The van der Waals surface area contributed by atoms with E-state index in [0.717, 1.165) is 18.5 Å². The van der Waals surface area contributed by atoms with Gasteiger partial charge in [0.25, 0.3) is 5.91 Å². The first-order valence-electron chi connectivity index (χ1n) is 8.39. The smallest absolute Gasteiger partial charge is 0.251 e. The number of nitrogens with zero attached hydrogens (tertiary/aromatic N) is 1. The predicted molar refractivity (Wildman–Crippen MR) is 97.5 cm³/mol. The van der Waals surface area contributed by atoms with Crippen LogP contribution in [0.2, 0.25) is 0 Å². The zero-order chi connectivity index (χ0) is 18.2. The van der Waals surface area contributed by atoms with E-state index in [9.17, 15) is 9.18 Å². The van der Waals surface area contributed by atoms with Crippen molar-refractivity contribution in [2.24, 2.45) is 0 Å². The molecule has 0 aromatic heterocycles. The highest BCUT2D eigenvalue weighted by Crippen LogP contribution is 2.13. The Morgan fingerprint density at radius 1 is 1.16 bits per heavy atom. The lowest BCUT2D eigenvalue weighted by molar-refractivity contribution is 0.0931. The van der Waals surface area contributed by atoms with Crippen molar-refractivity contribution in [2.45, 2.75) is 19.4 Å². The molecule has 25 heavy (non-hydrogen) atoms. The van der Waals surface area contributed by atoms with Crippen molar-refractivity contribution in [3.05, 3.63) is 65.5 Å². The SMILES string of the molecule is CC(CNC(=O)c1ccccc1CCN(C)C)Oc1ccc(F)cc1. The van der Waals surface area contributed by atoms with E-state index >= 15 is 0 Å². The molecular weight excluding hydrogens is 319 g/mol. The van der Waals surface area contributed by atoms with Gasteiger partial charge in [0.2, 0.25) is 0 Å². The first-order valence-corrected chi connectivity index (χ1v) is 8.39. The van der Waals surface area contributed by atoms with Gasteiger partial charge in [-0.25, -0.2) is 4.39 Å². The maximum Gasteiger partial charge on any atom is 0.251 e. The molecule has 0 radical (unpaired) electrons. The monoisotopic (exact) mass is 344 g/mol. The molecule has 1 unspecified atom stereocenters. The van der Waals surface area contributed by atoms with Gasteiger partial charge in [-0.3, -0.25) is 4.79 Å². The van der Waals surface area contributed by atoms with E-state index in [1.807, 2.05) is 45.3 Å². The molecule has 2 rings (SSSR count). The number of nitrogens with one attached hydrogen (secondary N) is 1. The maximum absolute atomic E-state index is 12.9. The summed E-state index contributed by atoms with van der Waals surface area (Å²) in [6, 6.07) is 13.5. The minimum absolute atomic E-state index is 0.107. The van der Waals surface area contributed by atoms with Gasteiger partial charge in [-0.2, -0.15) is 0 Å². The standard InChI is InChI=1S/C20H25FN2O2/c1-15(25-18-10-8-17(21)9-11-18)14-22-20(24)19-7-5-4-6-16(19)12-13-23(2)3/h4-11,15H,12-14H2,1-3H3,(H,22,24). The first-order chi connectivity index (χ1) is 12.0. The van der Waals surface area contributed by atoms with Crippen LogP contribution in [0.1, 0.15) is 22.8 Å². The second-order valence-electron chi connectivity index (χ2n) is 6.30. The average molecular weight is 344 g/mol. The Bertz CT molecular complexity index is 686. The average Bonchev–Trinajstić information content (AvgIpc) is 2.60. The third-order valence-corrected chi connectivity index (χ3v) is 3.79. The molecule has 1 atom stereocenters. The van der Waals surface area contributed by atoms with Crippen LogP contribution in [0, 0.1) is 5.82 Å². The van der Waals surface area contributed by atoms with Crippen LogP contribution in [-0.4, -0.2) is 44.1 Å². The van der Waals surface area contributed by atoms with E-state index in [4.69, 9.17) is 4.74 Å². The minimum atomic E-state index is -0.303. The highest BCUT2D eigenvalue weighted by molar-refractivity contribution is 5.95. The summed E-state index contributed by atoms with van der Waals surface area (Å²) in [5.41, 5.74) is 1.72. The number of benzene rings is 2. The van der Waals surface area contributed by atoms with E-state index in [1.165, 1.54) is 12.1 Å². The molecule has 0 fully saturated rings. The zero-order valence-electron chi connectivity index (χ0n) is 15.0. The van der Waals surface area contributed by atoms with E-state index in [1.54, 1.807) is 12.1 Å². The molecular formula is C20H25FN2O2. The molecule has 1 amide bonds. The molecule has 0 aliphatic carbocycles. The minimum Gasteiger partial charge on any atom is -0.489 e. The largest absolute Gasteiger partial charge is 0.489 e. The second kappa shape index (κ2) is 9.18. The molecule has 2 aromatic rings. The fraction of sp³-hybridized carbons (Fsp3) is 0.350. The Labute approximate surface area is 148 Å². The van der Waals surface area contributed by atoms with Crippen molar-refractivity contribution < 1.29 is 13.9 Å². The molecule has 4 nitrogen and oxygen atoms in total. The van der Waals surface area contributed by atoms with Crippen LogP contribution in [0.4, 0.5) is 4.39 Å². The Morgan fingerprint density at radius 3 is 2.52 bits per heavy atom. The summed E-state index contributed by atoms with van der Waals surface area (Å²) in [6.07, 6.45) is 0.599. The number of hydrogen-bond donors (Lipinski definition) is 1. The Balaban J connectivity index is 1.90. The van der Waals surface area contributed by atoms with Crippen LogP contribution in [0.25, 0.3) is 0 Å². The first kappa shape index (κ1) is 18.9. The van der Waals surface area contributed by atoms with Gasteiger partial charge in [0.1, 0.15) is 17.7 Å². The number of amides is 1. The second-order valence-corrected chi connectivity index (χ2v) is 6.30. The number of ether oxygens (including phenoxy) is 1. The van der Waals surface area contributed by atoms with Gasteiger partial charge in [0.05, 0.1) is 6.54 Å². The van der Waals surface area contributed by atoms with Crippen molar-refractivity contribution >= 4 is 5.91 Å². The molecule has 0 heterocycles. The maximum atomic E-state index is 12.9. The van der Waals surface area contributed by atoms with Gasteiger partial charge in [-0.1, -0.05) is 18.2 Å². The third kappa shape index (κ3) is 6.19. The summed E-state index contributed by atoms with van der Waals surface area (Å²) in [7, 11) is 4.02. The lowest BCUT2D eigenvalue weighted by atomic mass is 10.0. The van der Waals surface area contributed by atoms with Crippen LogP contribution in [-0.2, 0) is 6.42 Å². The fourth-order valence-corrected chi connectivity index (χ4v) is 2.42. The van der Waals surface area contributed by atoms with Gasteiger partial charge < -0.3 is 15.0 Å².